The maximum absolute atomic E-state index is 11.7. The van der Waals surface area contributed by atoms with Gasteiger partial charge in [0.05, 0.1) is 6.54 Å². The predicted octanol–water partition coefficient (Wildman–Crippen LogP) is 0.941. The molecule has 98 valence electrons. The van der Waals surface area contributed by atoms with Crippen LogP contribution in [0.2, 0.25) is 0 Å². The van der Waals surface area contributed by atoms with E-state index in [4.69, 9.17) is 0 Å². The maximum Gasteiger partial charge on any atom is 0.320 e. The molecule has 2 amide bonds. The number of pyridine rings is 1. The first-order valence-electron chi connectivity index (χ1n) is 6.20. The van der Waals surface area contributed by atoms with Crippen molar-refractivity contribution in [2.45, 2.75) is 25.9 Å². The van der Waals surface area contributed by atoms with Gasteiger partial charge in [0.15, 0.2) is 5.82 Å². The molecule has 2 N–H and O–H groups in total. The van der Waals surface area contributed by atoms with Crippen molar-refractivity contribution >= 4 is 11.8 Å². The smallest absolute Gasteiger partial charge is 0.320 e. The SMILES string of the molecule is O=C(NCc1nnc2n1CCC2)Nc1ccccn1. The maximum atomic E-state index is 11.7. The average molecular weight is 258 g/mol. The molecule has 1 aliphatic rings. The van der Waals surface area contributed by atoms with Crippen molar-refractivity contribution in [3.63, 3.8) is 0 Å². The van der Waals surface area contributed by atoms with Gasteiger partial charge in [-0.3, -0.25) is 5.32 Å². The van der Waals surface area contributed by atoms with Crippen LogP contribution < -0.4 is 10.6 Å². The number of nitrogens with zero attached hydrogens (tertiary/aromatic N) is 4. The van der Waals surface area contributed by atoms with Gasteiger partial charge in [-0.15, -0.1) is 10.2 Å². The lowest BCUT2D eigenvalue weighted by atomic mass is 10.4. The van der Waals surface area contributed by atoms with E-state index in [9.17, 15) is 4.79 Å². The Kier molecular flexibility index (Phi) is 3.09. The summed E-state index contributed by atoms with van der Waals surface area (Å²) in [5, 5.41) is 13.6. The zero-order valence-electron chi connectivity index (χ0n) is 10.3. The van der Waals surface area contributed by atoms with Crippen molar-refractivity contribution in [3.8, 4) is 0 Å². The van der Waals surface area contributed by atoms with Crippen molar-refractivity contribution in [1.29, 1.82) is 0 Å². The van der Waals surface area contributed by atoms with Gasteiger partial charge in [0.25, 0.3) is 0 Å². The highest BCUT2D eigenvalue weighted by molar-refractivity contribution is 5.87. The fourth-order valence-electron chi connectivity index (χ4n) is 2.10. The summed E-state index contributed by atoms with van der Waals surface area (Å²) in [5.41, 5.74) is 0. The normalized spacial score (nSPS) is 13.1. The van der Waals surface area contributed by atoms with E-state index in [2.05, 4.69) is 30.4 Å². The fraction of sp³-hybridized carbons (Fsp3) is 0.333. The molecule has 0 radical (unpaired) electrons. The molecule has 7 heteroatoms. The Morgan fingerprint density at radius 2 is 2.32 bits per heavy atom. The van der Waals surface area contributed by atoms with Crippen LogP contribution >= 0.6 is 0 Å². The Balaban J connectivity index is 1.56. The number of carbonyl (C=O) groups excluding carboxylic acids is 1. The largest absolute Gasteiger partial charge is 0.331 e. The Morgan fingerprint density at radius 1 is 1.37 bits per heavy atom. The van der Waals surface area contributed by atoms with E-state index in [1.165, 1.54) is 0 Å². The fourth-order valence-corrected chi connectivity index (χ4v) is 2.10. The van der Waals surface area contributed by atoms with E-state index >= 15 is 0 Å². The van der Waals surface area contributed by atoms with E-state index in [1.807, 2.05) is 6.07 Å². The quantitative estimate of drug-likeness (QED) is 0.858. The molecule has 3 heterocycles. The van der Waals surface area contributed by atoms with Gasteiger partial charge in [-0.2, -0.15) is 0 Å². The molecule has 0 spiro atoms. The van der Waals surface area contributed by atoms with Crippen molar-refractivity contribution in [2.24, 2.45) is 0 Å². The van der Waals surface area contributed by atoms with Gasteiger partial charge in [-0.25, -0.2) is 9.78 Å². The van der Waals surface area contributed by atoms with Crippen LogP contribution in [0.25, 0.3) is 0 Å². The Labute approximate surface area is 110 Å². The number of aromatic nitrogens is 4. The summed E-state index contributed by atoms with van der Waals surface area (Å²) < 4.78 is 2.06. The zero-order valence-corrected chi connectivity index (χ0v) is 10.3. The van der Waals surface area contributed by atoms with Crippen molar-refractivity contribution in [2.75, 3.05) is 5.32 Å². The van der Waals surface area contributed by atoms with Crippen LogP contribution in [0.4, 0.5) is 10.6 Å². The summed E-state index contributed by atoms with van der Waals surface area (Å²) in [4.78, 5) is 15.7. The highest BCUT2D eigenvalue weighted by atomic mass is 16.2. The lowest BCUT2D eigenvalue weighted by Crippen LogP contribution is -2.29. The summed E-state index contributed by atoms with van der Waals surface area (Å²) in [6.07, 6.45) is 3.69. The third-order valence-corrected chi connectivity index (χ3v) is 3.00. The predicted molar refractivity (Wildman–Crippen MR) is 68.4 cm³/mol. The standard InChI is InChI=1S/C12H14N6O/c19-12(15-9-4-1-2-6-13-9)14-8-11-17-16-10-5-3-7-18(10)11/h1-2,4,6H,3,5,7-8H2,(H2,13,14,15,19). The van der Waals surface area contributed by atoms with Gasteiger partial charge in [-0.05, 0) is 18.6 Å². The highest BCUT2D eigenvalue weighted by Gasteiger charge is 2.17. The molecule has 19 heavy (non-hydrogen) atoms. The number of hydrogen-bond donors (Lipinski definition) is 2. The molecule has 0 saturated carbocycles. The second-order valence-electron chi connectivity index (χ2n) is 4.31. The topological polar surface area (TPSA) is 84.7 Å². The summed E-state index contributed by atoms with van der Waals surface area (Å²) in [6.45, 7) is 1.30. The molecule has 0 aliphatic carbocycles. The molecule has 0 bridgehead atoms. The van der Waals surface area contributed by atoms with E-state index < -0.39 is 0 Å². The molecule has 0 fully saturated rings. The van der Waals surface area contributed by atoms with Gasteiger partial charge in [0, 0.05) is 19.2 Å². The van der Waals surface area contributed by atoms with Gasteiger partial charge in [0.2, 0.25) is 0 Å². The molecule has 2 aromatic heterocycles. The van der Waals surface area contributed by atoms with E-state index in [0.717, 1.165) is 31.0 Å². The van der Waals surface area contributed by atoms with Gasteiger partial charge >= 0.3 is 6.03 Å². The van der Waals surface area contributed by atoms with Crippen LogP contribution in [0.1, 0.15) is 18.1 Å². The molecule has 0 saturated heterocycles. The second-order valence-corrected chi connectivity index (χ2v) is 4.31. The highest BCUT2D eigenvalue weighted by Crippen LogP contribution is 2.13. The van der Waals surface area contributed by atoms with Crippen LogP contribution in [0.15, 0.2) is 24.4 Å². The molecular formula is C12H14N6O. The lowest BCUT2D eigenvalue weighted by molar-refractivity contribution is 0.251. The summed E-state index contributed by atoms with van der Waals surface area (Å²) in [7, 11) is 0. The average Bonchev–Trinajstić information content (AvgIpc) is 3.01. The zero-order chi connectivity index (χ0) is 13.1. The molecule has 7 nitrogen and oxygen atoms in total. The first kappa shape index (κ1) is 11.6. The number of rotatable bonds is 3. The number of hydrogen-bond acceptors (Lipinski definition) is 4. The van der Waals surface area contributed by atoms with E-state index in [-0.39, 0.29) is 6.03 Å². The number of fused-ring (bicyclic) bond motifs is 1. The minimum atomic E-state index is -0.297. The Hall–Kier alpha value is -2.44. The first-order chi connectivity index (χ1) is 9.33. The van der Waals surface area contributed by atoms with Gasteiger partial charge < -0.3 is 9.88 Å². The first-order valence-corrected chi connectivity index (χ1v) is 6.20. The number of aryl methyl sites for hydroxylation is 1. The summed E-state index contributed by atoms with van der Waals surface area (Å²) in [5.74, 6) is 2.32. The van der Waals surface area contributed by atoms with Crippen LogP contribution in [0.3, 0.4) is 0 Å². The number of carbonyl (C=O) groups is 1. The van der Waals surface area contributed by atoms with Crippen molar-refractivity contribution in [3.05, 3.63) is 36.0 Å². The van der Waals surface area contributed by atoms with Crippen LogP contribution in [-0.2, 0) is 19.5 Å². The molecule has 2 aromatic rings. The number of anilines is 1. The molecule has 1 aliphatic heterocycles. The van der Waals surface area contributed by atoms with E-state index in [1.54, 1.807) is 18.3 Å². The van der Waals surface area contributed by atoms with Crippen molar-refractivity contribution < 1.29 is 4.79 Å². The van der Waals surface area contributed by atoms with E-state index in [0.29, 0.717) is 12.4 Å². The number of urea groups is 1. The minimum Gasteiger partial charge on any atom is -0.331 e. The van der Waals surface area contributed by atoms with Crippen LogP contribution in [0.5, 0.6) is 0 Å². The lowest BCUT2D eigenvalue weighted by Gasteiger charge is -2.07. The monoisotopic (exact) mass is 258 g/mol. The van der Waals surface area contributed by atoms with Gasteiger partial charge in [0.1, 0.15) is 11.6 Å². The van der Waals surface area contributed by atoms with Crippen LogP contribution in [-0.4, -0.2) is 25.8 Å². The third-order valence-electron chi connectivity index (χ3n) is 3.00. The third kappa shape index (κ3) is 2.54. The molecule has 0 aromatic carbocycles. The van der Waals surface area contributed by atoms with Crippen molar-refractivity contribution in [1.82, 2.24) is 25.1 Å². The Morgan fingerprint density at radius 3 is 3.16 bits per heavy atom. The minimum absolute atomic E-state index is 0.297. The molecule has 0 atom stereocenters. The molecular weight excluding hydrogens is 244 g/mol. The Bertz CT molecular complexity index is 579. The van der Waals surface area contributed by atoms with Crippen LogP contribution in [0, 0.1) is 0 Å². The molecule has 3 rings (SSSR count). The summed E-state index contributed by atoms with van der Waals surface area (Å²) in [6, 6.07) is 5.04. The van der Waals surface area contributed by atoms with Gasteiger partial charge in [-0.1, -0.05) is 6.07 Å². The number of nitrogens with one attached hydrogen (secondary N) is 2. The number of amides is 2. The summed E-state index contributed by atoms with van der Waals surface area (Å²) >= 11 is 0. The second kappa shape index (κ2) is 5.05. The molecule has 0 unspecified atom stereocenters.